The molecule has 1 N–H and O–H groups in total. The fourth-order valence-corrected chi connectivity index (χ4v) is 2.67. The van der Waals surface area contributed by atoms with Crippen molar-refractivity contribution in [3.8, 4) is 5.69 Å². The van der Waals surface area contributed by atoms with E-state index in [4.69, 9.17) is 16.3 Å². The van der Waals surface area contributed by atoms with Gasteiger partial charge in [0, 0.05) is 5.02 Å². The second-order valence-corrected chi connectivity index (χ2v) is 5.79. The first-order chi connectivity index (χ1) is 12.6. The summed E-state index contributed by atoms with van der Waals surface area (Å²) in [5, 5.41) is 26.7. The number of nitrogens with zero attached hydrogens (tertiary/aromatic N) is 7. The van der Waals surface area contributed by atoms with Crippen molar-refractivity contribution in [1.82, 2.24) is 34.6 Å². The van der Waals surface area contributed by atoms with Gasteiger partial charge in [-0.25, -0.2) is 4.68 Å². The molecule has 0 aliphatic rings. The van der Waals surface area contributed by atoms with Crippen LogP contribution in [0.2, 0.25) is 5.02 Å². The molecular formula is C15H12ClN7O3. The largest absolute Gasteiger partial charge is 0.469 e. The minimum absolute atomic E-state index is 0.0741. The molecule has 26 heavy (non-hydrogen) atoms. The quantitative estimate of drug-likeness (QED) is 0.519. The number of esters is 1. The Morgan fingerprint density at radius 2 is 2.00 bits per heavy atom. The Labute approximate surface area is 151 Å². The maximum atomic E-state index is 11.7. The van der Waals surface area contributed by atoms with E-state index in [1.807, 2.05) is 0 Å². The van der Waals surface area contributed by atoms with Crippen LogP contribution in [0.15, 0.2) is 24.3 Å². The number of aliphatic hydroxyl groups is 1. The summed E-state index contributed by atoms with van der Waals surface area (Å²) in [4.78, 5) is 15.8. The lowest BCUT2D eigenvalue weighted by Crippen LogP contribution is -2.06. The molecule has 0 spiro atoms. The van der Waals surface area contributed by atoms with E-state index < -0.39 is 5.97 Å². The van der Waals surface area contributed by atoms with Crippen LogP contribution in [0.25, 0.3) is 22.6 Å². The van der Waals surface area contributed by atoms with Crippen molar-refractivity contribution in [2.75, 3.05) is 7.11 Å². The van der Waals surface area contributed by atoms with Crippen LogP contribution < -0.4 is 0 Å². The molecular weight excluding hydrogens is 362 g/mol. The predicted molar refractivity (Wildman–Crippen MR) is 89.9 cm³/mol. The Balaban J connectivity index is 2.02. The van der Waals surface area contributed by atoms with E-state index in [1.165, 1.54) is 11.6 Å². The fourth-order valence-electron chi connectivity index (χ4n) is 2.54. The number of hydrogen-bond acceptors (Lipinski definition) is 8. The Morgan fingerprint density at radius 3 is 2.69 bits per heavy atom. The molecule has 10 nitrogen and oxygen atoms in total. The van der Waals surface area contributed by atoms with Crippen molar-refractivity contribution in [2.24, 2.45) is 0 Å². The highest BCUT2D eigenvalue weighted by molar-refractivity contribution is 6.30. The Bertz CT molecular complexity index is 1120. The minimum Gasteiger partial charge on any atom is -0.469 e. The van der Waals surface area contributed by atoms with Crippen LogP contribution in [-0.4, -0.2) is 52.8 Å². The molecule has 3 heterocycles. The number of methoxy groups -OCH3 is 1. The van der Waals surface area contributed by atoms with E-state index in [0.29, 0.717) is 27.6 Å². The number of carbonyl (C=O) groups excluding carboxylic acids is 1. The maximum absolute atomic E-state index is 11.7. The van der Waals surface area contributed by atoms with Gasteiger partial charge >= 0.3 is 5.97 Å². The van der Waals surface area contributed by atoms with Crippen LogP contribution in [-0.2, 0) is 22.6 Å². The molecule has 132 valence electrons. The van der Waals surface area contributed by atoms with Crippen LogP contribution in [0.3, 0.4) is 0 Å². The number of rotatable bonds is 4. The molecule has 0 radical (unpaired) electrons. The van der Waals surface area contributed by atoms with E-state index in [9.17, 15) is 9.90 Å². The number of carbonyl (C=O) groups is 1. The van der Waals surface area contributed by atoms with Crippen LogP contribution in [0.5, 0.6) is 0 Å². The van der Waals surface area contributed by atoms with E-state index in [1.54, 1.807) is 28.9 Å². The number of aromatic nitrogens is 7. The van der Waals surface area contributed by atoms with Crippen molar-refractivity contribution in [2.45, 2.75) is 13.0 Å². The SMILES string of the molecule is COC(=O)Cc1nn(-c2ccc(Cl)cc2)c2c1nnc1nc(CO)nn12. The first kappa shape index (κ1) is 16.4. The number of aliphatic hydroxyl groups excluding tert-OH is 1. The molecule has 4 rings (SSSR count). The molecule has 0 fully saturated rings. The van der Waals surface area contributed by atoms with Gasteiger partial charge in [0.1, 0.15) is 12.3 Å². The third-order valence-electron chi connectivity index (χ3n) is 3.73. The number of hydrogen-bond donors (Lipinski definition) is 1. The summed E-state index contributed by atoms with van der Waals surface area (Å²) >= 11 is 5.96. The minimum atomic E-state index is -0.454. The molecule has 0 aliphatic heterocycles. The summed E-state index contributed by atoms with van der Waals surface area (Å²) in [7, 11) is 1.30. The highest BCUT2D eigenvalue weighted by Crippen LogP contribution is 2.22. The molecule has 0 atom stereocenters. The van der Waals surface area contributed by atoms with Gasteiger partial charge in [0.25, 0.3) is 5.78 Å². The van der Waals surface area contributed by atoms with Gasteiger partial charge in [-0.1, -0.05) is 11.6 Å². The zero-order chi connectivity index (χ0) is 18.3. The zero-order valence-corrected chi connectivity index (χ0v) is 14.3. The summed E-state index contributed by atoms with van der Waals surface area (Å²) in [6, 6.07) is 6.98. The van der Waals surface area contributed by atoms with Crippen molar-refractivity contribution in [3.05, 3.63) is 40.8 Å². The first-order valence-electron chi connectivity index (χ1n) is 7.54. The van der Waals surface area contributed by atoms with Gasteiger partial charge in [-0.05, 0) is 24.3 Å². The third-order valence-corrected chi connectivity index (χ3v) is 3.98. The second kappa shape index (κ2) is 6.32. The monoisotopic (exact) mass is 373 g/mol. The topological polar surface area (TPSA) is 120 Å². The second-order valence-electron chi connectivity index (χ2n) is 5.36. The number of halogens is 1. The van der Waals surface area contributed by atoms with Crippen LogP contribution >= 0.6 is 11.6 Å². The van der Waals surface area contributed by atoms with Gasteiger partial charge in [-0.2, -0.15) is 14.6 Å². The first-order valence-corrected chi connectivity index (χ1v) is 7.92. The van der Waals surface area contributed by atoms with Crippen molar-refractivity contribution < 1.29 is 14.6 Å². The molecule has 0 saturated heterocycles. The molecule has 4 aromatic rings. The summed E-state index contributed by atoms with van der Waals surface area (Å²) in [5.41, 5.74) is 1.92. The standard InChI is InChI=1S/C15H12ClN7O3/c1-26-12(25)6-10-13-14(22(20-10)9-4-2-8(16)3-5-9)23-15(19-18-13)17-11(7-24)21-23/h2-5,24H,6-7H2,1H3. The third kappa shape index (κ3) is 2.65. The Morgan fingerprint density at radius 1 is 1.23 bits per heavy atom. The Kier molecular flexibility index (Phi) is 3.98. The lowest BCUT2D eigenvalue weighted by Gasteiger charge is -2.03. The summed E-state index contributed by atoms with van der Waals surface area (Å²) in [6.07, 6.45) is -0.0741. The van der Waals surface area contributed by atoms with E-state index in [2.05, 4.69) is 25.4 Å². The summed E-state index contributed by atoms with van der Waals surface area (Å²) < 4.78 is 7.72. The van der Waals surface area contributed by atoms with Crippen LogP contribution in [0, 0.1) is 0 Å². The van der Waals surface area contributed by atoms with Gasteiger partial charge in [-0.15, -0.1) is 15.3 Å². The van der Waals surface area contributed by atoms with Gasteiger partial charge in [0.05, 0.1) is 19.2 Å². The number of fused-ring (bicyclic) bond motifs is 3. The lowest BCUT2D eigenvalue weighted by atomic mass is 10.3. The van der Waals surface area contributed by atoms with Gasteiger partial charge in [0.15, 0.2) is 17.0 Å². The number of benzene rings is 1. The molecule has 3 aromatic heterocycles. The predicted octanol–water partition coefficient (Wildman–Crippen LogP) is 0.719. The van der Waals surface area contributed by atoms with Crippen molar-refractivity contribution in [1.29, 1.82) is 0 Å². The Hall–Kier alpha value is -3.11. The highest BCUT2D eigenvalue weighted by Gasteiger charge is 2.21. The summed E-state index contributed by atoms with van der Waals surface area (Å²) in [5.74, 6) is -0.0457. The van der Waals surface area contributed by atoms with Crippen LogP contribution in [0.4, 0.5) is 0 Å². The highest BCUT2D eigenvalue weighted by atomic mass is 35.5. The average molecular weight is 374 g/mol. The molecule has 0 saturated carbocycles. The molecule has 0 aliphatic carbocycles. The average Bonchev–Trinajstić information content (AvgIpc) is 3.23. The van der Waals surface area contributed by atoms with Gasteiger partial charge in [0.2, 0.25) is 0 Å². The molecule has 0 unspecified atom stereocenters. The van der Waals surface area contributed by atoms with Gasteiger partial charge < -0.3 is 9.84 Å². The molecule has 0 amide bonds. The van der Waals surface area contributed by atoms with E-state index >= 15 is 0 Å². The maximum Gasteiger partial charge on any atom is 0.311 e. The molecule has 0 bridgehead atoms. The number of ether oxygens (including phenoxy) is 1. The lowest BCUT2D eigenvalue weighted by molar-refractivity contribution is -0.139. The van der Waals surface area contributed by atoms with E-state index in [0.717, 1.165) is 0 Å². The molecule has 1 aromatic carbocycles. The normalized spacial score (nSPS) is 11.3. The fraction of sp³-hybridized carbons (Fsp3) is 0.200. The zero-order valence-electron chi connectivity index (χ0n) is 13.5. The van der Waals surface area contributed by atoms with Crippen LogP contribution in [0.1, 0.15) is 11.5 Å². The summed E-state index contributed by atoms with van der Waals surface area (Å²) in [6.45, 7) is -0.338. The molecule has 11 heteroatoms. The van der Waals surface area contributed by atoms with Gasteiger partial charge in [-0.3, -0.25) is 4.79 Å². The van der Waals surface area contributed by atoms with Crippen molar-refractivity contribution >= 4 is 34.5 Å². The van der Waals surface area contributed by atoms with Crippen molar-refractivity contribution in [3.63, 3.8) is 0 Å². The van der Waals surface area contributed by atoms with E-state index in [-0.39, 0.29) is 24.6 Å². The smallest absolute Gasteiger partial charge is 0.311 e.